The van der Waals surface area contributed by atoms with Crippen molar-refractivity contribution in [2.24, 2.45) is 5.41 Å². The number of ether oxygens (including phenoxy) is 2. The molecular weight excluding hydrogens is 170 g/mol. The Morgan fingerprint density at radius 1 is 1.54 bits per heavy atom. The fourth-order valence-corrected chi connectivity index (χ4v) is 1.25. The number of hydrogen-bond acceptors (Lipinski definition) is 4. The molecule has 0 amide bonds. The van der Waals surface area contributed by atoms with E-state index in [4.69, 9.17) is 4.74 Å². The van der Waals surface area contributed by atoms with Crippen LogP contribution in [0.25, 0.3) is 0 Å². The molecular formula is C9H17NO3. The molecule has 1 rings (SSSR count). The standard InChI is InChI=1S/C9H17NO3/c1-9(2,3)8-10-6(5-13-8)7(11)12-4/h6,8,10H,5H2,1-4H3/t6-,8-/m0/s1. The molecule has 0 unspecified atom stereocenters. The first kappa shape index (κ1) is 10.5. The van der Waals surface area contributed by atoms with Crippen LogP contribution in [0.4, 0.5) is 0 Å². The highest BCUT2D eigenvalue weighted by molar-refractivity contribution is 5.76. The van der Waals surface area contributed by atoms with Gasteiger partial charge in [0.15, 0.2) is 0 Å². The lowest BCUT2D eigenvalue weighted by Gasteiger charge is -2.26. The van der Waals surface area contributed by atoms with Crippen LogP contribution in [0.2, 0.25) is 0 Å². The second kappa shape index (κ2) is 3.64. The van der Waals surface area contributed by atoms with E-state index in [1.807, 2.05) is 0 Å². The summed E-state index contributed by atoms with van der Waals surface area (Å²) in [5.41, 5.74) is 0.00275. The molecule has 1 N–H and O–H groups in total. The Hall–Kier alpha value is -0.610. The van der Waals surface area contributed by atoms with Crippen LogP contribution in [0.3, 0.4) is 0 Å². The van der Waals surface area contributed by atoms with E-state index in [-0.39, 0.29) is 23.7 Å². The summed E-state index contributed by atoms with van der Waals surface area (Å²) in [7, 11) is 1.38. The molecule has 1 aliphatic heterocycles. The average molecular weight is 187 g/mol. The number of hydrogen-bond donors (Lipinski definition) is 1. The van der Waals surface area contributed by atoms with Gasteiger partial charge in [-0.15, -0.1) is 0 Å². The van der Waals surface area contributed by atoms with Crippen molar-refractivity contribution in [3.05, 3.63) is 0 Å². The normalized spacial score (nSPS) is 28.9. The van der Waals surface area contributed by atoms with Crippen molar-refractivity contribution in [2.45, 2.75) is 33.0 Å². The monoisotopic (exact) mass is 187 g/mol. The van der Waals surface area contributed by atoms with Crippen molar-refractivity contribution >= 4 is 5.97 Å². The zero-order chi connectivity index (χ0) is 10.1. The minimum absolute atomic E-state index is 0.00275. The highest BCUT2D eigenvalue weighted by Crippen LogP contribution is 2.24. The predicted octanol–water partition coefficient (Wildman–Crippen LogP) is 0.520. The molecule has 4 heteroatoms. The van der Waals surface area contributed by atoms with Crippen LogP contribution in [0.1, 0.15) is 20.8 Å². The van der Waals surface area contributed by atoms with E-state index >= 15 is 0 Å². The second-order valence-electron chi connectivity index (χ2n) is 4.32. The van der Waals surface area contributed by atoms with Gasteiger partial charge in [-0.25, -0.2) is 0 Å². The van der Waals surface area contributed by atoms with Gasteiger partial charge in [0.2, 0.25) is 0 Å². The smallest absolute Gasteiger partial charge is 0.325 e. The quantitative estimate of drug-likeness (QED) is 0.608. The van der Waals surface area contributed by atoms with Crippen LogP contribution in [0.15, 0.2) is 0 Å². The first-order chi connectivity index (χ1) is 5.95. The SMILES string of the molecule is COC(=O)[C@@H]1CO[C@@H](C(C)(C)C)N1. The van der Waals surface area contributed by atoms with E-state index in [2.05, 4.69) is 30.8 Å². The number of carbonyl (C=O) groups is 1. The van der Waals surface area contributed by atoms with Gasteiger partial charge in [-0.2, -0.15) is 0 Å². The maximum Gasteiger partial charge on any atom is 0.325 e. The van der Waals surface area contributed by atoms with Gasteiger partial charge < -0.3 is 9.47 Å². The molecule has 13 heavy (non-hydrogen) atoms. The predicted molar refractivity (Wildman–Crippen MR) is 48.1 cm³/mol. The van der Waals surface area contributed by atoms with Gasteiger partial charge >= 0.3 is 5.97 Å². The number of rotatable bonds is 1. The summed E-state index contributed by atoms with van der Waals surface area (Å²) in [4.78, 5) is 11.1. The van der Waals surface area contributed by atoms with Crippen LogP contribution >= 0.6 is 0 Å². The minimum Gasteiger partial charge on any atom is -0.468 e. The number of esters is 1. The van der Waals surface area contributed by atoms with Crippen LogP contribution in [-0.4, -0.2) is 32.0 Å². The fraction of sp³-hybridized carbons (Fsp3) is 0.889. The molecule has 1 aliphatic rings. The van der Waals surface area contributed by atoms with Gasteiger partial charge in [0.1, 0.15) is 12.3 Å². The van der Waals surface area contributed by atoms with E-state index in [0.717, 1.165) is 0 Å². The molecule has 0 radical (unpaired) electrons. The molecule has 2 atom stereocenters. The van der Waals surface area contributed by atoms with E-state index in [9.17, 15) is 4.79 Å². The Morgan fingerprint density at radius 3 is 2.54 bits per heavy atom. The molecule has 0 aromatic rings. The van der Waals surface area contributed by atoms with Crippen LogP contribution < -0.4 is 5.32 Å². The molecule has 0 aliphatic carbocycles. The van der Waals surface area contributed by atoms with Gasteiger partial charge in [-0.05, 0) is 0 Å². The largest absolute Gasteiger partial charge is 0.468 e. The maximum absolute atomic E-state index is 11.1. The zero-order valence-electron chi connectivity index (χ0n) is 8.59. The summed E-state index contributed by atoms with van der Waals surface area (Å²) in [5, 5.41) is 3.08. The Balaban J connectivity index is 2.50. The zero-order valence-corrected chi connectivity index (χ0v) is 8.59. The molecule has 4 nitrogen and oxygen atoms in total. The van der Waals surface area contributed by atoms with Crippen molar-refractivity contribution in [2.75, 3.05) is 13.7 Å². The molecule has 1 heterocycles. The Bertz CT molecular complexity index is 198. The minimum atomic E-state index is -0.311. The molecule has 76 valence electrons. The Labute approximate surface area is 78.6 Å². The number of carbonyl (C=O) groups excluding carboxylic acids is 1. The summed E-state index contributed by atoms with van der Waals surface area (Å²) < 4.78 is 10.1. The number of methoxy groups -OCH3 is 1. The number of nitrogens with one attached hydrogen (secondary N) is 1. The van der Waals surface area contributed by atoms with Gasteiger partial charge in [0.05, 0.1) is 13.7 Å². The Kier molecular flexibility index (Phi) is 2.93. The van der Waals surface area contributed by atoms with E-state index in [0.29, 0.717) is 6.61 Å². The molecule has 1 fully saturated rings. The third kappa shape index (κ3) is 2.42. The molecule has 0 bridgehead atoms. The highest BCUT2D eigenvalue weighted by atomic mass is 16.5. The lowest BCUT2D eigenvalue weighted by Crippen LogP contribution is -2.43. The van der Waals surface area contributed by atoms with E-state index in [1.165, 1.54) is 7.11 Å². The summed E-state index contributed by atoms with van der Waals surface area (Å²) in [6.45, 7) is 6.58. The topological polar surface area (TPSA) is 47.6 Å². The van der Waals surface area contributed by atoms with Gasteiger partial charge in [-0.1, -0.05) is 20.8 Å². The van der Waals surface area contributed by atoms with Crippen LogP contribution in [0, 0.1) is 5.41 Å². The first-order valence-corrected chi connectivity index (χ1v) is 4.40. The van der Waals surface area contributed by atoms with Gasteiger partial charge in [0.25, 0.3) is 0 Å². The summed E-state index contributed by atoms with van der Waals surface area (Å²) >= 11 is 0. The lowest BCUT2D eigenvalue weighted by molar-refractivity contribution is -0.142. The molecule has 0 saturated carbocycles. The van der Waals surface area contributed by atoms with Crippen molar-refractivity contribution in [1.82, 2.24) is 5.32 Å². The van der Waals surface area contributed by atoms with Crippen LogP contribution in [-0.2, 0) is 14.3 Å². The van der Waals surface area contributed by atoms with E-state index in [1.54, 1.807) is 0 Å². The van der Waals surface area contributed by atoms with E-state index < -0.39 is 0 Å². The van der Waals surface area contributed by atoms with Crippen molar-refractivity contribution < 1.29 is 14.3 Å². The first-order valence-electron chi connectivity index (χ1n) is 4.40. The third-order valence-electron chi connectivity index (χ3n) is 2.05. The average Bonchev–Trinajstić information content (AvgIpc) is 2.50. The maximum atomic E-state index is 11.1. The summed E-state index contributed by atoms with van der Waals surface area (Å²) in [5.74, 6) is -0.258. The van der Waals surface area contributed by atoms with Crippen molar-refractivity contribution in [1.29, 1.82) is 0 Å². The van der Waals surface area contributed by atoms with Crippen molar-refractivity contribution in [3.63, 3.8) is 0 Å². The molecule has 1 saturated heterocycles. The highest BCUT2D eigenvalue weighted by Gasteiger charge is 2.36. The van der Waals surface area contributed by atoms with Crippen molar-refractivity contribution in [3.8, 4) is 0 Å². The fourth-order valence-electron chi connectivity index (χ4n) is 1.25. The third-order valence-corrected chi connectivity index (χ3v) is 2.05. The molecule has 0 aromatic heterocycles. The second-order valence-corrected chi connectivity index (χ2v) is 4.32. The molecule has 0 spiro atoms. The lowest BCUT2D eigenvalue weighted by atomic mass is 9.94. The summed E-state index contributed by atoms with van der Waals surface area (Å²) in [6, 6.07) is -0.311. The van der Waals surface area contributed by atoms with Gasteiger partial charge in [0, 0.05) is 5.41 Å². The summed E-state index contributed by atoms with van der Waals surface area (Å²) in [6.07, 6.45) is -0.0726. The van der Waals surface area contributed by atoms with Crippen LogP contribution in [0.5, 0.6) is 0 Å². The Morgan fingerprint density at radius 2 is 2.15 bits per heavy atom. The van der Waals surface area contributed by atoms with Gasteiger partial charge in [-0.3, -0.25) is 10.1 Å². The molecule has 0 aromatic carbocycles.